The van der Waals surface area contributed by atoms with Gasteiger partial charge in [0, 0.05) is 11.3 Å². The van der Waals surface area contributed by atoms with Gasteiger partial charge in [-0.2, -0.15) is 0 Å². The third-order valence-electron chi connectivity index (χ3n) is 4.71. The Morgan fingerprint density at radius 1 is 0.968 bits per heavy atom. The van der Waals surface area contributed by atoms with E-state index in [1.807, 2.05) is 63.2 Å². The number of aryl methyl sites for hydroxylation is 3. The number of nitrogens with zero attached hydrogens (tertiary/aromatic N) is 1. The number of nitrogens with one attached hydrogen (secondary N) is 2. The first-order valence-corrected chi connectivity index (χ1v) is 10.4. The molecule has 156 valence electrons. The summed E-state index contributed by atoms with van der Waals surface area (Å²) in [6.45, 7) is 5.87. The van der Waals surface area contributed by atoms with E-state index < -0.39 is 0 Å². The van der Waals surface area contributed by atoms with E-state index >= 15 is 0 Å². The van der Waals surface area contributed by atoms with Gasteiger partial charge >= 0.3 is 0 Å². The number of halogens is 1. The van der Waals surface area contributed by atoms with Crippen LogP contribution in [0.15, 0.2) is 59.0 Å². The minimum Gasteiger partial charge on any atom is -0.436 e. The molecule has 5 nitrogen and oxygen atoms in total. The average molecular weight is 450 g/mol. The van der Waals surface area contributed by atoms with Gasteiger partial charge in [-0.05, 0) is 81.0 Å². The molecule has 0 bridgehead atoms. The smallest absolute Gasteiger partial charge is 0.257 e. The van der Waals surface area contributed by atoms with E-state index in [9.17, 15) is 4.79 Å². The van der Waals surface area contributed by atoms with Crippen molar-refractivity contribution in [3.63, 3.8) is 0 Å². The van der Waals surface area contributed by atoms with Crippen LogP contribution >= 0.6 is 23.8 Å². The van der Waals surface area contributed by atoms with E-state index in [-0.39, 0.29) is 11.0 Å². The van der Waals surface area contributed by atoms with Gasteiger partial charge in [-0.15, -0.1) is 0 Å². The first-order valence-electron chi connectivity index (χ1n) is 9.66. The van der Waals surface area contributed by atoms with E-state index in [1.54, 1.807) is 12.1 Å². The number of carbonyl (C=O) groups excluding carboxylic acids is 1. The summed E-state index contributed by atoms with van der Waals surface area (Å²) in [5.74, 6) is 0.186. The molecule has 1 amide bonds. The molecule has 7 heteroatoms. The molecular formula is C24H20ClN3O2S. The molecule has 0 fully saturated rings. The topological polar surface area (TPSA) is 67.2 Å². The second-order valence-corrected chi connectivity index (χ2v) is 8.28. The number of fused-ring (bicyclic) bond motifs is 1. The molecule has 0 saturated heterocycles. The molecule has 0 aliphatic carbocycles. The van der Waals surface area contributed by atoms with Crippen LogP contribution in [0.2, 0.25) is 5.02 Å². The number of oxazole rings is 1. The lowest BCUT2D eigenvalue weighted by Gasteiger charge is -2.10. The lowest BCUT2D eigenvalue weighted by Crippen LogP contribution is -2.34. The van der Waals surface area contributed by atoms with Gasteiger partial charge in [0.25, 0.3) is 5.91 Å². The average Bonchev–Trinajstić information content (AvgIpc) is 3.10. The second-order valence-electron chi connectivity index (χ2n) is 7.47. The normalized spacial score (nSPS) is 10.8. The molecule has 0 radical (unpaired) electrons. The third-order valence-corrected chi connectivity index (χ3v) is 5.23. The van der Waals surface area contributed by atoms with Crippen LogP contribution in [0, 0.1) is 20.8 Å². The van der Waals surface area contributed by atoms with Crippen molar-refractivity contribution in [2.45, 2.75) is 20.8 Å². The van der Waals surface area contributed by atoms with Crippen LogP contribution < -0.4 is 10.6 Å². The molecule has 0 unspecified atom stereocenters. The van der Waals surface area contributed by atoms with Crippen molar-refractivity contribution in [1.29, 1.82) is 0 Å². The molecule has 0 aliphatic heterocycles. The molecule has 0 aliphatic rings. The van der Waals surface area contributed by atoms with Crippen LogP contribution in [0.4, 0.5) is 5.69 Å². The van der Waals surface area contributed by atoms with Gasteiger partial charge in [0.1, 0.15) is 5.52 Å². The maximum absolute atomic E-state index is 12.5. The predicted octanol–water partition coefficient (Wildman–Crippen LogP) is 6.20. The summed E-state index contributed by atoms with van der Waals surface area (Å²) in [4.78, 5) is 17.0. The number of thiocarbonyl (C=S) groups is 1. The highest BCUT2D eigenvalue weighted by Gasteiger charge is 2.13. The summed E-state index contributed by atoms with van der Waals surface area (Å²) in [7, 11) is 0. The third kappa shape index (κ3) is 4.76. The van der Waals surface area contributed by atoms with Crippen LogP contribution in [0.5, 0.6) is 0 Å². The molecule has 0 atom stereocenters. The zero-order chi connectivity index (χ0) is 22.1. The minimum absolute atomic E-state index is 0.203. The molecule has 4 rings (SSSR count). The van der Waals surface area contributed by atoms with Crippen molar-refractivity contribution in [2.24, 2.45) is 0 Å². The van der Waals surface area contributed by atoms with Gasteiger partial charge in [0.15, 0.2) is 10.7 Å². The first-order chi connectivity index (χ1) is 14.8. The maximum Gasteiger partial charge on any atom is 0.257 e. The summed E-state index contributed by atoms with van der Waals surface area (Å²) in [5, 5.41) is 6.52. The van der Waals surface area contributed by atoms with Crippen molar-refractivity contribution in [3.8, 4) is 11.5 Å². The number of anilines is 1. The monoisotopic (exact) mass is 449 g/mol. The molecule has 31 heavy (non-hydrogen) atoms. The van der Waals surface area contributed by atoms with Crippen molar-refractivity contribution in [1.82, 2.24) is 10.3 Å². The van der Waals surface area contributed by atoms with Crippen LogP contribution in [-0.4, -0.2) is 16.0 Å². The van der Waals surface area contributed by atoms with Crippen molar-refractivity contribution < 1.29 is 9.21 Å². The maximum atomic E-state index is 12.5. The Bertz CT molecular complexity index is 1310. The Balaban J connectivity index is 1.50. The number of rotatable bonds is 3. The molecule has 1 heterocycles. The van der Waals surface area contributed by atoms with Crippen LogP contribution in [0.25, 0.3) is 22.6 Å². The number of hydrogen-bond donors (Lipinski definition) is 2. The Labute approximate surface area is 190 Å². The predicted molar refractivity (Wildman–Crippen MR) is 129 cm³/mol. The lowest BCUT2D eigenvalue weighted by atomic mass is 10.1. The standard InChI is InChI=1S/C24H20ClN3O2S/c1-13-4-6-18(19(25)11-13)23-27-20-12-17(5-7-21(20)30-23)26-24(31)28-22(29)16-9-14(2)8-15(3)10-16/h4-12H,1-3H3,(H2,26,28,29,31). The molecule has 1 aromatic heterocycles. The lowest BCUT2D eigenvalue weighted by molar-refractivity contribution is 0.0977. The zero-order valence-corrected chi connectivity index (χ0v) is 18.8. The molecule has 4 aromatic rings. The van der Waals surface area contributed by atoms with Gasteiger partial charge < -0.3 is 9.73 Å². The van der Waals surface area contributed by atoms with Gasteiger partial charge in [-0.25, -0.2) is 4.98 Å². The highest BCUT2D eigenvalue weighted by atomic mass is 35.5. The highest BCUT2D eigenvalue weighted by molar-refractivity contribution is 7.80. The van der Waals surface area contributed by atoms with Gasteiger partial charge in [-0.1, -0.05) is 34.9 Å². The summed E-state index contributed by atoms with van der Waals surface area (Å²) >= 11 is 11.6. The van der Waals surface area contributed by atoms with Crippen LogP contribution in [0.3, 0.4) is 0 Å². The second kappa shape index (κ2) is 8.49. The Morgan fingerprint density at radius 2 is 1.71 bits per heavy atom. The van der Waals surface area contributed by atoms with Gasteiger partial charge in [0.2, 0.25) is 5.89 Å². The fourth-order valence-corrected chi connectivity index (χ4v) is 3.88. The zero-order valence-electron chi connectivity index (χ0n) is 17.2. The Hall–Kier alpha value is -3.22. The summed E-state index contributed by atoms with van der Waals surface area (Å²) in [6, 6.07) is 16.8. The number of amides is 1. The molecule has 3 aromatic carbocycles. The van der Waals surface area contributed by atoms with Gasteiger partial charge in [0.05, 0.1) is 10.6 Å². The SMILES string of the molecule is Cc1cc(C)cc(C(=O)NC(=S)Nc2ccc3oc(-c4ccc(C)cc4Cl)nc3c2)c1. The molecule has 0 spiro atoms. The Morgan fingerprint density at radius 3 is 2.42 bits per heavy atom. The quantitative estimate of drug-likeness (QED) is 0.364. The summed E-state index contributed by atoms with van der Waals surface area (Å²) in [6.07, 6.45) is 0. The van der Waals surface area contributed by atoms with Crippen LogP contribution in [-0.2, 0) is 0 Å². The van der Waals surface area contributed by atoms with E-state index in [4.69, 9.17) is 28.2 Å². The Kier molecular flexibility index (Phi) is 5.76. The first kappa shape index (κ1) is 21.0. The molecular weight excluding hydrogens is 430 g/mol. The molecule has 0 saturated carbocycles. The van der Waals surface area contributed by atoms with Gasteiger partial charge in [-0.3, -0.25) is 10.1 Å². The largest absolute Gasteiger partial charge is 0.436 e. The van der Waals surface area contributed by atoms with Crippen molar-refractivity contribution in [2.75, 3.05) is 5.32 Å². The van der Waals surface area contributed by atoms with Crippen molar-refractivity contribution in [3.05, 3.63) is 81.9 Å². The minimum atomic E-state index is -0.261. The van der Waals surface area contributed by atoms with E-state index in [0.717, 1.165) is 22.3 Å². The van der Waals surface area contributed by atoms with E-state index in [0.29, 0.717) is 33.3 Å². The summed E-state index contributed by atoms with van der Waals surface area (Å²) in [5.41, 5.74) is 6.36. The van der Waals surface area contributed by atoms with E-state index in [1.165, 1.54) is 0 Å². The summed E-state index contributed by atoms with van der Waals surface area (Å²) < 4.78 is 5.85. The van der Waals surface area contributed by atoms with E-state index in [2.05, 4.69) is 15.6 Å². The fourth-order valence-electron chi connectivity index (χ4n) is 3.36. The fraction of sp³-hybridized carbons (Fsp3) is 0.125. The van der Waals surface area contributed by atoms with Crippen LogP contribution in [0.1, 0.15) is 27.0 Å². The number of carbonyl (C=O) groups is 1. The highest BCUT2D eigenvalue weighted by Crippen LogP contribution is 2.31. The number of benzene rings is 3. The number of hydrogen-bond acceptors (Lipinski definition) is 4. The molecule has 2 N–H and O–H groups in total. The van der Waals surface area contributed by atoms with Crippen molar-refractivity contribution >= 4 is 51.6 Å². The number of aromatic nitrogens is 1.